The van der Waals surface area contributed by atoms with Gasteiger partial charge in [0, 0.05) is 25.3 Å². The molecule has 2 amide bonds. The Bertz CT molecular complexity index is 545. The van der Waals surface area contributed by atoms with E-state index in [1.54, 1.807) is 24.2 Å². The minimum atomic E-state index is -0.221. The molecule has 1 atom stereocenters. The summed E-state index contributed by atoms with van der Waals surface area (Å²) < 4.78 is 18.2. The predicted molar refractivity (Wildman–Crippen MR) is 99.1 cm³/mol. The van der Waals surface area contributed by atoms with Crippen molar-refractivity contribution in [1.29, 1.82) is 0 Å². The highest BCUT2D eigenvalue weighted by atomic mass is 16.7. The maximum atomic E-state index is 12.0. The van der Waals surface area contributed by atoms with E-state index in [9.17, 15) is 4.79 Å². The van der Waals surface area contributed by atoms with E-state index in [1.807, 2.05) is 0 Å². The van der Waals surface area contributed by atoms with Gasteiger partial charge in [0.2, 0.25) is 0 Å². The van der Waals surface area contributed by atoms with E-state index in [0.29, 0.717) is 38.6 Å². The topological polar surface area (TPSA) is 86.6 Å². The van der Waals surface area contributed by atoms with E-state index >= 15 is 0 Å². The smallest absolute Gasteiger partial charge is 0.319 e. The van der Waals surface area contributed by atoms with Crippen LogP contribution in [0.15, 0.2) is 12.4 Å². The second kappa shape index (κ2) is 10.5. The molecule has 0 aliphatic carbocycles. The molecule has 1 aromatic heterocycles. The first kappa shape index (κ1) is 20.7. The summed E-state index contributed by atoms with van der Waals surface area (Å²) in [5.74, 6) is 0. The molecule has 2 heterocycles. The summed E-state index contributed by atoms with van der Waals surface area (Å²) >= 11 is 0. The molecule has 1 unspecified atom stereocenters. The third-order valence-corrected chi connectivity index (χ3v) is 4.64. The Morgan fingerprint density at radius 2 is 2.19 bits per heavy atom. The van der Waals surface area contributed by atoms with Crippen molar-refractivity contribution < 1.29 is 19.0 Å². The number of anilines is 1. The molecule has 26 heavy (non-hydrogen) atoms. The van der Waals surface area contributed by atoms with Gasteiger partial charge in [0.15, 0.2) is 6.29 Å². The average Bonchev–Trinajstić information content (AvgIpc) is 3.29. The number of nitrogens with one attached hydrogen (secondary N) is 2. The van der Waals surface area contributed by atoms with E-state index < -0.39 is 0 Å². The van der Waals surface area contributed by atoms with Crippen molar-refractivity contribution in [3.63, 3.8) is 0 Å². The van der Waals surface area contributed by atoms with Crippen molar-refractivity contribution in [2.24, 2.45) is 5.41 Å². The number of aromatic nitrogens is 2. The highest BCUT2D eigenvalue weighted by Gasteiger charge is 2.37. The van der Waals surface area contributed by atoms with Crippen molar-refractivity contribution in [1.82, 2.24) is 15.1 Å². The lowest BCUT2D eigenvalue weighted by atomic mass is 9.80. The molecule has 1 fully saturated rings. The van der Waals surface area contributed by atoms with Gasteiger partial charge in [-0.1, -0.05) is 20.3 Å². The Hall–Kier alpha value is -1.64. The largest absolute Gasteiger partial charge is 0.383 e. The second-order valence-corrected chi connectivity index (χ2v) is 6.95. The summed E-state index contributed by atoms with van der Waals surface area (Å²) in [7, 11) is 1.65. The molecular weight excluding hydrogens is 336 g/mol. The molecule has 1 aliphatic rings. The van der Waals surface area contributed by atoms with Gasteiger partial charge in [-0.25, -0.2) is 4.79 Å². The van der Waals surface area contributed by atoms with Gasteiger partial charge in [0.05, 0.1) is 38.2 Å². The van der Waals surface area contributed by atoms with Crippen molar-refractivity contribution >= 4 is 11.7 Å². The van der Waals surface area contributed by atoms with E-state index in [4.69, 9.17) is 14.2 Å². The highest BCUT2D eigenvalue weighted by Crippen LogP contribution is 2.37. The van der Waals surface area contributed by atoms with Crippen LogP contribution in [-0.2, 0) is 20.8 Å². The Morgan fingerprint density at radius 1 is 1.42 bits per heavy atom. The summed E-state index contributed by atoms with van der Waals surface area (Å²) in [5.41, 5.74) is 0.661. The van der Waals surface area contributed by atoms with Crippen LogP contribution in [0.3, 0.4) is 0 Å². The molecule has 0 spiro atoms. The number of carbonyl (C=O) groups is 1. The average molecular weight is 368 g/mol. The summed E-state index contributed by atoms with van der Waals surface area (Å²) in [4.78, 5) is 12.0. The van der Waals surface area contributed by atoms with E-state index in [2.05, 4.69) is 29.6 Å². The summed E-state index contributed by atoms with van der Waals surface area (Å²) in [6, 6.07) is -0.221. The number of hydrogen-bond donors (Lipinski definition) is 2. The molecule has 0 aromatic carbocycles. The van der Waals surface area contributed by atoms with Crippen LogP contribution in [0.5, 0.6) is 0 Å². The maximum absolute atomic E-state index is 12.0. The Balaban J connectivity index is 1.69. The lowest BCUT2D eigenvalue weighted by molar-refractivity contribution is -0.133. The second-order valence-electron chi connectivity index (χ2n) is 6.95. The number of nitrogens with zero attached hydrogens (tertiary/aromatic N) is 2. The minimum absolute atomic E-state index is 0.00804. The highest BCUT2D eigenvalue weighted by molar-refractivity contribution is 5.88. The van der Waals surface area contributed by atoms with Gasteiger partial charge in [0.1, 0.15) is 0 Å². The zero-order valence-corrected chi connectivity index (χ0v) is 16.1. The van der Waals surface area contributed by atoms with Crippen molar-refractivity contribution in [3.05, 3.63) is 12.4 Å². The molecule has 148 valence electrons. The van der Waals surface area contributed by atoms with E-state index in [-0.39, 0.29) is 17.7 Å². The van der Waals surface area contributed by atoms with Crippen LogP contribution in [0.4, 0.5) is 10.5 Å². The lowest BCUT2D eigenvalue weighted by Crippen LogP contribution is -2.35. The first-order valence-electron chi connectivity index (χ1n) is 9.37. The third kappa shape index (κ3) is 6.26. The Labute approximate surface area is 155 Å². The number of amides is 2. The third-order valence-electron chi connectivity index (χ3n) is 4.64. The van der Waals surface area contributed by atoms with Crippen LogP contribution in [0.2, 0.25) is 0 Å². The minimum Gasteiger partial charge on any atom is -0.383 e. The first-order valence-corrected chi connectivity index (χ1v) is 9.37. The van der Waals surface area contributed by atoms with Gasteiger partial charge >= 0.3 is 6.03 Å². The summed E-state index contributed by atoms with van der Waals surface area (Å²) in [6.07, 6.45) is 7.23. The van der Waals surface area contributed by atoms with Crippen molar-refractivity contribution in [2.75, 3.05) is 38.8 Å². The van der Waals surface area contributed by atoms with Gasteiger partial charge in [-0.2, -0.15) is 5.10 Å². The predicted octanol–water partition coefficient (Wildman–Crippen LogP) is 2.61. The fourth-order valence-corrected chi connectivity index (χ4v) is 3.30. The number of urea groups is 1. The standard InChI is InChI=1S/C18H32N4O4/c1-4-6-18(2,16-25-11-12-26-16)7-5-8-19-17(23)21-15-13-20-22(14-15)9-10-24-3/h13-14,16H,4-12H2,1-3H3,(H2,19,21,23). The molecule has 0 radical (unpaired) electrons. The summed E-state index contributed by atoms with van der Waals surface area (Å²) in [5, 5.41) is 9.85. The zero-order valence-electron chi connectivity index (χ0n) is 16.1. The number of rotatable bonds is 11. The molecule has 0 saturated carbocycles. The van der Waals surface area contributed by atoms with Gasteiger partial charge in [-0.3, -0.25) is 4.68 Å². The van der Waals surface area contributed by atoms with Crippen LogP contribution < -0.4 is 10.6 Å². The van der Waals surface area contributed by atoms with Crippen LogP contribution in [0, 0.1) is 5.41 Å². The number of methoxy groups -OCH3 is 1. The quantitative estimate of drug-likeness (QED) is 0.586. The molecular formula is C18H32N4O4. The fraction of sp³-hybridized carbons (Fsp3) is 0.778. The van der Waals surface area contributed by atoms with Gasteiger partial charge in [-0.05, 0) is 19.3 Å². The van der Waals surface area contributed by atoms with Crippen LogP contribution in [0.25, 0.3) is 0 Å². The van der Waals surface area contributed by atoms with Crippen molar-refractivity contribution in [3.8, 4) is 0 Å². The number of hydrogen-bond acceptors (Lipinski definition) is 5. The zero-order chi connectivity index (χ0) is 18.8. The number of ether oxygens (including phenoxy) is 3. The molecule has 2 rings (SSSR count). The van der Waals surface area contributed by atoms with Gasteiger partial charge in [0.25, 0.3) is 0 Å². The first-order chi connectivity index (χ1) is 12.6. The number of carbonyl (C=O) groups excluding carboxylic acids is 1. The van der Waals surface area contributed by atoms with E-state index in [0.717, 1.165) is 25.7 Å². The van der Waals surface area contributed by atoms with Crippen LogP contribution in [-0.4, -0.2) is 55.6 Å². The van der Waals surface area contributed by atoms with Crippen LogP contribution in [0.1, 0.15) is 39.5 Å². The molecule has 8 nitrogen and oxygen atoms in total. The normalized spacial score (nSPS) is 17.2. The molecule has 0 bridgehead atoms. The Morgan fingerprint density at radius 3 is 2.88 bits per heavy atom. The molecule has 8 heteroatoms. The maximum Gasteiger partial charge on any atom is 0.319 e. The monoisotopic (exact) mass is 368 g/mol. The lowest BCUT2D eigenvalue weighted by Gasteiger charge is -2.33. The Kier molecular flexibility index (Phi) is 8.34. The van der Waals surface area contributed by atoms with Gasteiger partial charge < -0.3 is 24.8 Å². The SMILES string of the molecule is CCCC(C)(CCCNC(=O)Nc1cnn(CCOC)c1)C1OCCO1. The summed E-state index contributed by atoms with van der Waals surface area (Å²) in [6.45, 7) is 7.56. The molecule has 1 aromatic rings. The van der Waals surface area contributed by atoms with E-state index in [1.165, 1.54) is 0 Å². The van der Waals surface area contributed by atoms with Gasteiger partial charge in [-0.15, -0.1) is 0 Å². The molecule has 2 N–H and O–H groups in total. The van der Waals surface area contributed by atoms with Crippen molar-refractivity contribution in [2.45, 2.75) is 52.4 Å². The molecule has 1 saturated heterocycles. The molecule has 1 aliphatic heterocycles. The van der Waals surface area contributed by atoms with Crippen LogP contribution >= 0.6 is 0 Å². The fourth-order valence-electron chi connectivity index (χ4n) is 3.30.